The molecule has 2 amide bonds. The summed E-state index contributed by atoms with van der Waals surface area (Å²) in [6, 6.07) is 7.96. The highest BCUT2D eigenvalue weighted by atomic mass is 32.1. The molecule has 0 unspecified atom stereocenters. The van der Waals surface area contributed by atoms with E-state index >= 15 is 0 Å². The van der Waals surface area contributed by atoms with Gasteiger partial charge in [0.2, 0.25) is 5.91 Å². The SMILES string of the molecule is CC(=O)Nc1nc(CCc2ccc(NCCNC(=O)[O-])cc2)cs1. The number of carbonyl (C=O) groups is 2. The second kappa shape index (κ2) is 8.88. The highest BCUT2D eigenvalue weighted by molar-refractivity contribution is 7.13. The Morgan fingerprint density at radius 1 is 1.17 bits per heavy atom. The highest BCUT2D eigenvalue weighted by Crippen LogP contribution is 2.17. The van der Waals surface area contributed by atoms with E-state index in [1.54, 1.807) is 0 Å². The molecular weight excluding hydrogens is 328 g/mol. The first-order valence-corrected chi connectivity index (χ1v) is 8.40. The Bertz CT molecular complexity index is 685. The minimum absolute atomic E-state index is 0.117. The van der Waals surface area contributed by atoms with Gasteiger partial charge in [-0.25, -0.2) is 4.98 Å². The van der Waals surface area contributed by atoms with Gasteiger partial charge in [0.25, 0.3) is 0 Å². The number of nitrogens with one attached hydrogen (secondary N) is 3. The lowest BCUT2D eigenvalue weighted by Gasteiger charge is -2.09. The summed E-state index contributed by atoms with van der Waals surface area (Å²) in [4.78, 5) is 25.6. The van der Waals surface area contributed by atoms with Crippen molar-refractivity contribution in [1.82, 2.24) is 10.3 Å². The lowest BCUT2D eigenvalue weighted by atomic mass is 10.1. The number of rotatable bonds is 8. The molecule has 0 spiro atoms. The van der Waals surface area contributed by atoms with Gasteiger partial charge in [0, 0.05) is 31.1 Å². The van der Waals surface area contributed by atoms with Crippen LogP contribution in [0.15, 0.2) is 29.6 Å². The predicted octanol–water partition coefficient (Wildman–Crippen LogP) is 1.23. The maximum absolute atomic E-state index is 11.0. The molecule has 2 rings (SSSR count). The molecule has 3 N–H and O–H groups in total. The number of hydrogen-bond donors (Lipinski definition) is 3. The number of carboxylic acid groups (broad SMARTS) is 1. The summed E-state index contributed by atoms with van der Waals surface area (Å²) < 4.78 is 0. The number of benzene rings is 1. The normalized spacial score (nSPS) is 10.2. The molecule has 1 heterocycles. The number of hydrogen-bond acceptors (Lipinski definition) is 6. The van der Waals surface area contributed by atoms with Crippen molar-refractivity contribution in [3.8, 4) is 0 Å². The van der Waals surface area contributed by atoms with Gasteiger partial charge in [0.15, 0.2) is 5.13 Å². The molecule has 7 nitrogen and oxygen atoms in total. The average molecular weight is 347 g/mol. The Labute approximate surface area is 144 Å². The quantitative estimate of drug-likeness (QED) is 0.623. The molecule has 0 saturated carbocycles. The number of nitrogens with zero attached hydrogens (tertiary/aromatic N) is 1. The van der Waals surface area contributed by atoms with Crippen molar-refractivity contribution in [2.24, 2.45) is 0 Å². The van der Waals surface area contributed by atoms with Crippen LogP contribution in [0, 0.1) is 0 Å². The van der Waals surface area contributed by atoms with E-state index in [9.17, 15) is 14.7 Å². The van der Waals surface area contributed by atoms with Crippen LogP contribution >= 0.6 is 11.3 Å². The van der Waals surface area contributed by atoms with Crippen LogP contribution in [0.1, 0.15) is 18.2 Å². The molecule has 0 aliphatic carbocycles. The molecule has 1 aromatic heterocycles. The maximum Gasteiger partial charge on any atom is 0.223 e. The Kier molecular flexibility index (Phi) is 6.56. The maximum atomic E-state index is 11.0. The van der Waals surface area contributed by atoms with Crippen LogP contribution in [0.2, 0.25) is 0 Å². The van der Waals surface area contributed by atoms with Crippen LogP contribution in [0.5, 0.6) is 0 Å². The summed E-state index contributed by atoms with van der Waals surface area (Å²) >= 11 is 1.42. The van der Waals surface area contributed by atoms with E-state index in [2.05, 4.69) is 20.9 Å². The Morgan fingerprint density at radius 3 is 2.58 bits per heavy atom. The molecule has 24 heavy (non-hydrogen) atoms. The average Bonchev–Trinajstić information content (AvgIpc) is 2.97. The monoisotopic (exact) mass is 347 g/mol. The first-order chi connectivity index (χ1) is 11.5. The van der Waals surface area contributed by atoms with Gasteiger partial charge >= 0.3 is 0 Å². The molecule has 0 bridgehead atoms. The van der Waals surface area contributed by atoms with E-state index in [1.807, 2.05) is 29.6 Å². The molecule has 2 aromatic rings. The lowest BCUT2D eigenvalue weighted by Crippen LogP contribution is -2.38. The van der Waals surface area contributed by atoms with Crippen LogP contribution in [0.25, 0.3) is 0 Å². The molecule has 128 valence electrons. The molecule has 0 radical (unpaired) electrons. The fourth-order valence-electron chi connectivity index (χ4n) is 2.06. The van der Waals surface area contributed by atoms with Gasteiger partial charge in [-0.15, -0.1) is 11.3 Å². The molecule has 0 atom stereocenters. The second-order valence-electron chi connectivity index (χ2n) is 5.16. The van der Waals surface area contributed by atoms with Gasteiger partial charge < -0.3 is 25.9 Å². The first kappa shape index (κ1) is 17.7. The van der Waals surface area contributed by atoms with Crippen LogP contribution < -0.4 is 21.1 Å². The summed E-state index contributed by atoms with van der Waals surface area (Å²) in [5.74, 6) is -0.117. The second-order valence-corrected chi connectivity index (χ2v) is 6.02. The highest BCUT2D eigenvalue weighted by Gasteiger charge is 2.04. The van der Waals surface area contributed by atoms with Crippen molar-refractivity contribution in [3.63, 3.8) is 0 Å². The minimum atomic E-state index is -1.27. The molecule has 0 fully saturated rings. The van der Waals surface area contributed by atoms with Crippen LogP contribution in [0.4, 0.5) is 15.6 Å². The number of thiazole rings is 1. The van der Waals surface area contributed by atoms with E-state index in [-0.39, 0.29) is 5.91 Å². The molecule has 8 heteroatoms. The van der Waals surface area contributed by atoms with Gasteiger partial charge in [0.05, 0.1) is 5.69 Å². The number of aryl methyl sites for hydroxylation is 2. The third kappa shape index (κ3) is 6.25. The molecule has 0 aliphatic rings. The third-order valence-electron chi connectivity index (χ3n) is 3.18. The zero-order valence-corrected chi connectivity index (χ0v) is 14.1. The van der Waals surface area contributed by atoms with Crippen LogP contribution in [0.3, 0.4) is 0 Å². The smallest absolute Gasteiger partial charge is 0.223 e. The van der Waals surface area contributed by atoms with Crippen LogP contribution in [-0.2, 0) is 17.6 Å². The number of aromatic nitrogens is 1. The summed E-state index contributed by atoms with van der Waals surface area (Å²) in [6.45, 7) is 2.26. The lowest BCUT2D eigenvalue weighted by molar-refractivity contribution is -0.250. The van der Waals surface area contributed by atoms with Crippen molar-refractivity contribution < 1.29 is 14.7 Å². The van der Waals surface area contributed by atoms with Crippen LogP contribution in [-0.4, -0.2) is 30.1 Å². The third-order valence-corrected chi connectivity index (χ3v) is 3.99. The number of carbonyl (C=O) groups excluding carboxylic acids is 2. The summed E-state index contributed by atoms with van der Waals surface area (Å²) in [7, 11) is 0. The van der Waals surface area contributed by atoms with E-state index in [0.29, 0.717) is 18.2 Å². The molecule has 0 aliphatic heterocycles. The van der Waals surface area contributed by atoms with E-state index in [0.717, 1.165) is 24.2 Å². The van der Waals surface area contributed by atoms with E-state index in [4.69, 9.17) is 0 Å². The van der Waals surface area contributed by atoms with Gasteiger partial charge in [-0.2, -0.15) is 0 Å². The zero-order valence-electron chi connectivity index (χ0n) is 13.3. The Morgan fingerprint density at radius 2 is 1.92 bits per heavy atom. The first-order valence-electron chi connectivity index (χ1n) is 7.52. The molecule has 1 aromatic carbocycles. The summed E-state index contributed by atoms with van der Waals surface area (Å²) in [6.07, 6.45) is 0.393. The van der Waals surface area contributed by atoms with E-state index in [1.165, 1.54) is 23.8 Å². The number of anilines is 2. The number of amides is 2. The van der Waals surface area contributed by atoms with Crippen molar-refractivity contribution in [3.05, 3.63) is 40.9 Å². The van der Waals surface area contributed by atoms with Crippen molar-refractivity contribution >= 4 is 34.2 Å². The van der Waals surface area contributed by atoms with Gasteiger partial charge in [-0.3, -0.25) is 4.79 Å². The van der Waals surface area contributed by atoms with Gasteiger partial charge in [-0.1, -0.05) is 12.1 Å². The topological polar surface area (TPSA) is 106 Å². The van der Waals surface area contributed by atoms with Crippen molar-refractivity contribution in [2.45, 2.75) is 19.8 Å². The standard InChI is InChI=1S/C16H20N4O3S/c1-11(21)19-15-20-14(10-24-15)7-4-12-2-5-13(6-3-12)17-8-9-18-16(22)23/h2-3,5-6,10,17-18H,4,7-9H2,1H3,(H,22,23)(H,19,20,21)/p-1. The minimum Gasteiger partial charge on any atom is -0.530 e. The summed E-state index contributed by atoms with van der Waals surface area (Å²) in [5.41, 5.74) is 3.07. The molecule has 0 saturated heterocycles. The van der Waals surface area contributed by atoms with Crippen molar-refractivity contribution in [1.29, 1.82) is 0 Å². The zero-order chi connectivity index (χ0) is 17.4. The Hall–Kier alpha value is -2.61. The fourth-order valence-corrected chi connectivity index (χ4v) is 2.85. The largest absolute Gasteiger partial charge is 0.530 e. The predicted molar refractivity (Wildman–Crippen MR) is 92.2 cm³/mol. The molecular formula is C16H19N4O3S-. The fraction of sp³-hybridized carbons (Fsp3) is 0.312. The summed E-state index contributed by atoms with van der Waals surface area (Å²) in [5, 5.41) is 20.8. The Balaban J connectivity index is 1.76. The van der Waals surface area contributed by atoms with Gasteiger partial charge in [0.1, 0.15) is 6.09 Å². The van der Waals surface area contributed by atoms with Crippen molar-refractivity contribution in [2.75, 3.05) is 23.7 Å². The van der Waals surface area contributed by atoms with E-state index < -0.39 is 6.09 Å². The van der Waals surface area contributed by atoms with Gasteiger partial charge in [-0.05, 0) is 30.5 Å².